The highest BCUT2D eigenvalue weighted by Crippen LogP contribution is 2.29. The molecule has 3 aromatic carbocycles. The SMILES string of the molecule is COc1cc(C2=NCCO2)ccc1Nc1nc2ccc(-c3ccc(CC(=O)Cc4ccc(F)cc4)cc3)cn2n1. The third kappa shape index (κ3) is 5.54. The first kappa shape index (κ1) is 25.2. The Morgan fingerprint density at radius 2 is 1.65 bits per heavy atom. The zero-order valence-corrected chi connectivity index (χ0v) is 21.8. The highest BCUT2D eigenvalue weighted by Gasteiger charge is 2.15. The average Bonchev–Trinajstić information content (AvgIpc) is 3.65. The van der Waals surface area contributed by atoms with Crippen molar-refractivity contribution in [1.82, 2.24) is 14.6 Å². The molecule has 0 bridgehead atoms. The van der Waals surface area contributed by atoms with E-state index in [1.165, 1.54) is 12.1 Å². The number of methoxy groups -OCH3 is 1. The molecule has 0 radical (unpaired) electrons. The molecular formula is C31H26FN5O3. The minimum absolute atomic E-state index is 0.0790. The van der Waals surface area contributed by atoms with Crippen LogP contribution in [0.5, 0.6) is 5.75 Å². The molecule has 1 aliphatic heterocycles. The van der Waals surface area contributed by atoms with Gasteiger partial charge in [-0.25, -0.2) is 13.9 Å². The second kappa shape index (κ2) is 11.0. The summed E-state index contributed by atoms with van der Waals surface area (Å²) < 4.78 is 25.9. The number of nitrogens with zero attached hydrogens (tertiary/aromatic N) is 4. The lowest BCUT2D eigenvalue weighted by Crippen LogP contribution is -2.06. The summed E-state index contributed by atoms with van der Waals surface area (Å²) in [5.41, 5.74) is 5.97. The Labute approximate surface area is 230 Å². The molecule has 0 unspecified atom stereocenters. The van der Waals surface area contributed by atoms with Crippen molar-refractivity contribution in [2.24, 2.45) is 4.99 Å². The van der Waals surface area contributed by atoms with Crippen molar-refractivity contribution in [2.45, 2.75) is 12.8 Å². The number of rotatable bonds is 9. The van der Waals surface area contributed by atoms with E-state index >= 15 is 0 Å². The highest BCUT2D eigenvalue weighted by molar-refractivity contribution is 5.96. The van der Waals surface area contributed by atoms with Crippen molar-refractivity contribution in [3.63, 3.8) is 0 Å². The molecule has 2 aromatic heterocycles. The largest absolute Gasteiger partial charge is 0.495 e. The maximum atomic E-state index is 13.1. The number of ketones is 1. The van der Waals surface area contributed by atoms with Gasteiger partial charge < -0.3 is 14.8 Å². The standard InChI is InChI=1S/C31H26FN5O3/c1-39-28-18-23(30-33-14-15-40-30)8-12-27(28)34-31-35-29-13-9-24(19-37(29)36-31)22-6-2-20(3-7-22)16-26(38)17-21-4-10-25(32)11-5-21/h2-13,18-19H,14-17H2,1H3,(H,34,36). The Morgan fingerprint density at radius 1 is 0.950 bits per heavy atom. The number of hydrogen-bond acceptors (Lipinski definition) is 7. The van der Waals surface area contributed by atoms with Gasteiger partial charge in [0.1, 0.15) is 24.0 Å². The van der Waals surface area contributed by atoms with Crippen LogP contribution in [-0.4, -0.2) is 46.5 Å². The van der Waals surface area contributed by atoms with Gasteiger partial charge >= 0.3 is 0 Å². The van der Waals surface area contributed by atoms with Gasteiger partial charge in [-0.1, -0.05) is 36.4 Å². The monoisotopic (exact) mass is 535 g/mol. The second-order valence-corrected chi connectivity index (χ2v) is 9.45. The zero-order valence-electron chi connectivity index (χ0n) is 21.8. The number of carbonyl (C=O) groups is 1. The van der Waals surface area contributed by atoms with Crippen LogP contribution in [0, 0.1) is 5.82 Å². The van der Waals surface area contributed by atoms with Gasteiger partial charge in [0.15, 0.2) is 5.65 Å². The summed E-state index contributed by atoms with van der Waals surface area (Å²) in [7, 11) is 1.61. The summed E-state index contributed by atoms with van der Waals surface area (Å²) in [6.45, 7) is 1.25. The molecule has 3 heterocycles. The van der Waals surface area contributed by atoms with Crippen LogP contribution in [0.2, 0.25) is 0 Å². The molecule has 0 fully saturated rings. The molecule has 0 aliphatic carbocycles. The molecule has 0 saturated heterocycles. The van der Waals surface area contributed by atoms with E-state index in [0.29, 0.717) is 42.8 Å². The molecule has 0 saturated carbocycles. The smallest absolute Gasteiger partial charge is 0.247 e. The molecule has 9 heteroatoms. The molecule has 0 spiro atoms. The number of aliphatic imine (C=N–C) groups is 1. The van der Waals surface area contributed by atoms with Crippen molar-refractivity contribution in [3.8, 4) is 16.9 Å². The summed E-state index contributed by atoms with van der Waals surface area (Å²) in [6.07, 6.45) is 2.51. The number of Topliss-reactive ketones (excluding diaryl/α,β-unsaturated/α-hetero) is 1. The van der Waals surface area contributed by atoms with Crippen molar-refractivity contribution in [1.29, 1.82) is 0 Å². The van der Waals surface area contributed by atoms with Crippen LogP contribution in [-0.2, 0) is 22.4 Å². The summed E-state index contributed by atoms with van der Waals surface area (Å²) in [5, 5.41) is 7.83. The van der Waals surface area contributed by atoms with Crippen LogP contribution >= 0.6 is 0 Å². The van der Waals surface area contributed by atoms with E-state index in [9.17, 15) is 9.18 Å². The van der Waals surface area contributed by atoms with Crippen molar-refractivity contribution >= 4 is 29.0 Å². The minimum atomic E-state index is -0.306. The van der Waals surface area contributed by atoms with Crippen LogP contribution in [0.15, 0.2) is 90.1 Å². The number of fused-ring (bicyclic) bond motifs is 1. The Morgan fingerprint density at radius 3 is 2.35 bits per heavy atom. The van der Waals surface area contributed by atoms with E-state index in [0.717, 1.165) is 33.5 Å². The number of carbonyl (C=O) groups excluding carboxylic acids is 1. The summed E-state index contributed by atoms with van der Waals surface area (Å²) in [4.78, 5) is 21.4. The number of aromatic nitrogens is 3. The number of ether oxygens (including phenoxy) is 2. The van der Waals surface area contributed by atoms with Gasteiger partial charge in [-0.15, -0.1) is 5.10 Å². The maximum Gasteiger partial charge on any atom is 0.247 e. The van der Waals surface area contributed by atoms with Gasteiger partial charge in [-0.3, -0.25) is 4.79 Å². The second-order valence-electron chi connectivity index (χ2n) is 9.45. The van der Waals surface area contributed by atoms with Crippen molar-refractivity contribution < 1.29 is 18.7 Å². The quantitative estimate of drug-likeness (QED) is 0.271. The third-order valence-electron chi connectivity index (χ3n) is 6.61. The van der Waals surface area contributed by atoms with E-state index in [-0.39, 0.29) is 18.0 Å². The lowest BCUT2D eigenvalue weighted by molar-refractivity contribution is -0.117. The molecule has 8 nitrogen and oxygen atoms in total. The number of halogens is 1. The Balaban J connectivity index is 1.14. The van der Waals surface area contributed by atoms with E-state index in [2.05, 4.69) is 20.4 Å². The van der Waals surface area contributed by atoms with Gasteiger partial charge in [0, 0.05) is 30.2 Å². The number of anilines is 2. The number of hydrogen-bond donors (Lipinski definition) is 1. The number of pyridine rings is 1. The Kier molecular flexibility index (Phi) is 6.93. The molecular weight excluding hydrogens is 509 g/mol. The van der Waals surface area contributed by atoms with Crippen LogP contribution in [0.25, 0.3) is 16.8 Å². The molecule has 6 rings (SSSR count). The third-order valence-corrected chi connectivity index (χ3v) is 6.61. The Hall–Kier alpha value is -5.05. The number of nitrogens with one attached hydrogen (secondary N) is 1. The van der Waals surface area contributed by atoms with Gasteiger partial charge in [0.2, 0.25) is 11.8 Å². The topological polar surface area (TPSA) is 90.1 Å². The van der Waals surface area contributed by atoms with Crippen LogP contribution in [0.3, 0.4) is 0 Å². The molecule has 0 atom stereocenters. The lowest BCUT2D eigenvalue weighted by Gasteiger charge is -2.10. The summed E-state index contributed by atoms with van der Waals surface area (Å²) in [6, 6.07) is 23.5. The lowest BCUT2D eigenvalue weighted by atomic mass is 10.0. The fraction of sp³-hybridized carbons (Fsp3) is 0.161. The van der Waals surface area contributed by atoms with Gasteiger partial charge in [0.05, 0.1) is 19.3 Å². The van der Waals surface area contributed by atoms with Crippen molar-refractivity contribution in [2.75, 3.05) is 25.6 Å². The first-order valence-electron chi connectivity index (χ1n) is 12.9. The first-order chi connectivity index (χ1) is 19.5. The van der Waals surface area contributed by atoms with E-state index in [1.807, 2.05) is 60.8 Å². The molecule has 5 aromatic rings. The van der Waals surface area contributed by atoms with Gasteiger partial charge in [-0.05, 0) is 59.2 Å². The van der Waals surface area contributed by atoms with E-state index in [4.69, 9.17) is 9.47 Å². The van der Waals surface area contributed by atoms with E-state index in [1.54, 1.807) is 23.8 Å². The minimum Gasteiger partial charge on any atom is -0.495 e. The molecule has 0 amide bonds. The molecule has 1 N–H and O–H groups in total. The zero-order chi connectivity index (χ0) is 27.5. The first-order valence-corrected chi connectivity index (χ1v) is 12.9. The predicted molar refractivity (Wildman–Crippen MR) is 151 cm³/mol. The normalized spacial score (nSPS) is 12.7. The molecule has 40 heavy (non-hydrogen) atoms. The predicted octanol–water partition coefficient (Wildman–Crippen LogP) is 5.42. The van der Waals surface area contributed by atoms with Crippen molar-refractivity contribution in [3.05, 3.63) is 108 Å². The highest BCUT2D eigenvalue weighted by atomic mass is 19.1. The molecule has 200 valence electrons. The van der Waals surface area contributed by atoms with Gasteiger partial charge in [0.25, 0.3) is 0 Å². The average molecular weight is 536 g/mol. The van der Waals surface area contributed by atoms with Gasteiger partial charge in [-0.2, -0.15) is 4.98 Å². The fourth-order valence-electron chi connectivity index (χ4n) is 4.60. The summed E-state index contributed by atoms with van der Waals surface area (Å²) >= 11 is 0. The Bertz CT molecular complexity index is 1710. The van der Waals surface area contributed by atoms with Crippen LogP contribution in [0.4, 0.5) is 16.0 Å². The number of benzene rings is 3. The fourth-order valence-corrected chi connectivity index (χ4v) is 4.60. The van der Waals surface area contributed by atoms with E-state index < -0.39 is 0 Å². The molecule has 1 aliphatic rings. The maximum absolute atomic E-state index is 13.1. The van der Waals surface area contributed by atoms with Crippen LogP contribution in [0.1, 0.15) is 16.7 Å². The summed E-state index contributed by atoms with van der Waals surface area (Å²) in [5.74, 6) is 1.46. The van der Waals surface area contributed by atoms with Crippen LogP contribution < -0.4 is 10.1 Å².